The Kier molecular flexibility index (Phi) is 11.7. The average molecular weight is 567 g/mol. The van der Waals surface area contributed by atoms with E-state index < -0.39 is 0 Å². The topological polar surface area (TPSA) is 41.1 Å². The van der Waals surface area contributed by atoms with E-state index in [1.54, 1.807) is 6.33 Å². The Balaban J connectivity index is 1.71. The largest absolute Gasteiger partial charge is 0.314 e. The number of allylic oxidation sites excluding steroid dienone is 3. The summed E-state index contributed by atoms with van der Waals surface area (Å²) in [7, 11) is 2.12. The van der Waals surface area contributed by atoms with E-state index in [1.165, 1.54) is 36.4 Å². The fourth-order valence-electron chi connectivity index (χ4n) is 5.83. The number of rotatable bonds is 13. The van der Waals surface area contributed by atoms with Gasteiger partial charge in [0.25, 0.3) is 0 Å². The van der Waals surface area contributed by atoms with Crippen LogP contribution < -0.4 is 0 Å². The molecule has 3 unspecified atom stereocenters. The molecule has 0 radical (unpaired) electrons. The maximum absolute atomic E-state index is 5.17. The summed E-state index contributed by atoms with van der Waals surface area (Å²) >= 11 is 0. The minimum Gasteiger partial charge on any atom is -0.314 e. The zero-order valence-corrected chi connectivity index (χ0v) is 28.0. The second-order valence-corrected chi connectivity index (χ2v) is 12.9. The van der Waals surface area contributed by atoms with Crippen LogP contribution in [-0.4, -0.2) is 33.5 Å². The van der Waals surface area contributed by atoms with Crippen molar-refractivity contribution in [2.24, 2.45) is 22.2 Å². The first-order valence-corrected chi connectivity index (χ1v) is 15.8. The summed E-state index contributed by atoms with van der Waals surface area (Å²) in [6, 6.07) is 10.5. The second-order valence-electron chi connectivity index (χ2n) is 12.9. The van der Waals surface area contributed by atoms with Crippen LogP contribution in [0.1, 0.15) is 109 Å². The summed E-state index contributed by atoms with van der Waals surface area (Å²) in [5, 5.41) is 0. The molecule has 42 heavy (non-hydrogen) atoms. The molecular weight excluding hydrogens is 512 g/mol. The van der Waals surface area contributed by atoms with Gasteiger partial charge in [0.15, 0.2) is 0 Å². The number of aromatic nitrogens is 2. The fraction of sp³-hybridized carbons (Fsp3) is 0.500. The molecule has 0 fully saturated rings. The number of hydrogen-bond acceptors (Lipinski definition) is 3. The lowest BCUT2D eigenvalue weighted by molar-refractivity contribution is -0.471. The van der Waals surface area contributed by atoms with E-state index in [0.29, 0.717) is 17.8 Å². The Morgan fingerprint density at radius 2 is 1.76 bits per heavy atom. The van der Waals surface area contributed by atoms with Crippen LogP contribution in [0.25, 0.3) is 0 Å². The van der Waals surface area contributed by atoms with Crippen molar-refractivity contribution >= 4 is 17.6 Å². The van der Waals surface area contributed by atoms with E-state index in [1.807, 2.05) is 13.8 Å². The van der Waals surface area contributed by atoms with E-state index in [0.717, 1.165) is 46.8 Å². The van der Waals surface area contributed by atoms with E-state index >= 15 is 0 Å². The van der Waals surface area contributed by atoms with Gasteiger partial charge in [0, 0.05) is 18.1 Å². The smallest absolute Gasteiger partial charge is 0.116 e. The molecule has 1 aliphatic carbocycles. The quantitative estimate of drug-likeness (QED) is 0.105. The Morgan fingerprint density at radius 1 is 1.12 bits per heavy atom. The molecule has 4 heteroatoms. The standard InChI is InChI=1S/C38H54N4/c1-12-31(15-14-27(5)24-28(6)32-20-22-35(23-21-32)42(11)13-2)33-16-18-34(19-17-33)37(38(9,10)26(3)4)41-36-29(7)39-25-40-30(36)8/h13,16-22,25,27-28,31H,3,12,14-15,23-24H2,1-2,4-11H3. The predicted octanol–water partition coefficient (Wildman–Crippen LogP) is 9.90. The van der Waals surface area contributed by atoms with Crippen LogP contribution in [-0.2, 0) is 0 Å². The van der Waals surface area contributed by atoms with E-state index in [2.05, 4.69) is 125 Å². The van der Waals surface area contributed by atoms with Gasteiger partial charge in [-0.1, -0.05) is 83.5 Å². The summed E-state index contributed by atoms with van der Waals surface area (Å²) in [5.74, 6) is 1.84. The summed E-state index contributed by atoms with van der Waals surface area (Å²) in [6.45, 7) is 24.0. The predicted molar refractivity (Wildman–Crippen MR) is 181 cm³/mol. The third kappa shape index (κ3) is 8.18. The van der Waals surface area contributed by atoms with Crippen LogP contribution in [0.4, 0.5) is 5.69 Å². The van der Waals surface area contributed by atoms with Gasteiger partial charge in [0.2, 0.25) is 0 Å². The van der Waals surface area contributed by atoms with Crippen LogP contribution in [0.5, 0.6) is 0 Å². The van der Waals surface area contributed by atoms with Gasteiger partial charge in [0.05, 0.1) is 23.1 Å². The average Bonchev–Trinajstić information content (AvgIpc) is 2.97. The molecule has 226 valence electrons. The van der Waals surface area contributed by atoms with E-state index in [9.17, 15) is 0 Å². The molecule has 1 aliphatic rings. The highest BCUT2D eigenvalue weighted by molar-refractivity contribution is 6.07. The van der Waals surface area contributed by atoms with Crippen LogP contribution in [0.15, 0.2) is 71.5 Å². The molecule has 0 saturated carbocycles. The van der Waals surface area contributed by atoms with Gasteiger partial charge in [-0.2, -0.15) is 0 Å². The van der Waals surface area contributed by atoms with Crippen molar-refractivity contribution in [3.63, 3.8) is 0 Å². The van der Waals surface area contributed by atoms with Crippen molar-refractivity contribution in [1.82, 2.24) is 9.97 Å². The summed E-state index contributed by atoms with van der Waals surface area (Å²) in [6.07, 6.45) is 16.6. The molecule has 1 aromatic heterocycles. The van der Waals surface area contributed by atoms with Crippen molar-refractivity contribution in [1.29, 1.82) is 0 Å². The van der Waals surface area contributed by atoms with Gasteiger partial charge >= 0.3 is 0 Å². The van der Waals surface area contributed by atoms with Gasteiger partial charge in [-0.3, -0.25) is 0 Å². The summed E-state index contributed by atoms with van der Waals surface area (Å²) < 4.78 is 2.21. The lowest BCUT2D eigenvalue weighted by Gasteiger charge is -2.28. The van der Waals surface area contributed by atoms with Crippen molar-refractivity contribution < 1.29 is 4.58 Å². The Morgan fingerprint density at radius 3 is 2.29 bits per heavy atom. The van der Waals surface area contributed by atoms with Crippen LogP contribution in [0.3, 0.4) is 0 Å². The van der Waals surface area contributed by atoms with Gasteiger partial charge in [0.1, 0.15) is 19.1 Å². The lowest BCUT2D eigenvalue weighted by Crippen LogP contribution is -2.26. The number of hydrogen-bond donors (Lipinski definition) is 0. The molecule has 0 aliphatic heterocycles. The molecule has 1 heterocycles. The second kappa shape index (κ2) is 14.8. The number of benzene rings is 1. The highest BCUT2D eigenvalue weighted by atomic mass is 15.0. The van der Waals surface area contributed by atoms with Crippen LogP contribution in [0.2, 0.25) is 0 Å². The van der Waals surface area contributed by atoms with Crippen molar-refractivity contribution in [3.05, 3.63) is 95.1 Å². The molecular formula is C38H54N4. The number of aliphatic imine (C=N–C) groups is 1. The van der Waals surface area contributed by atoms with Gasteiger partial charge in [-0.25, -0.2) is 15.0 Å². The summed E-state index contributed by atoms with van der Waals surface area (Å²) in [5.41, 5.74) is 8.47. The molecule has 0 bridgehead atoms. The first-order chi connectivity index (χ1) is 19.9. The van der Waals surface area contributed by atoms with Crippen molar-refractivity contribution in [2.75, 3.05) is 7.05 Å². The molecule has 0 amide bonds. The fourth-order valence-corrected chi connectivity index (χ4v) is 5.83. The maximum Gasteiger partial charge on any atom is 0.116 e. The Labute approximate surface area is 256 Å². The molecule has 3 rings (SSSR count). The van der Waals surface area contributed by atoms with Gasteiger partial charge in [-0.15, -0.1) is 17.7 Å². The van der Waals surface area contributed by atoms with Gasteiger partial charge in [-0.05, 0) is 75.8 Å². The molecule has 0 spiro atoms. The number of nitrogens with zero attached hydrogens (tertiary/aromatic N) is 4. The molecule has 2 aromatic rings. The zero-order valence-electron chi connectivity index (χ0n) is 28.0. The minimum absolute atomic E-state index is 0.292. The van der Waals surface area contributed by atoms with E-state index in [4.69, 9.17) is 4.99 Å². The van der Waals surface area contributed by atoms with Crippen molar-refractivity contribution in [2.45, 2.75) is 100 Å². The molecule has 0 saturated heterocycles. The monoisotopic (exact) mass is 566 g/mol. The van der Waals surface area contributed by atoms with Crippen LogP contribution >= 0.6 is 0 Å². The highest BCUT2D eigenvalue weighted by Crippen LogP contribution is 2.35. The Hall–Kier alpha value is -3.27. The minimum atomic E-state index is -0.292. The zero-order chi connectivity index (χ0) is 31.0. The van der Waals surface area contributed by atoms with Crippen molar-refractivity contribution in [3.8, 4) is 0 Å². The van der Waals surface area contributed by atoms with Crippen LogP contribution in [0, 0.1) is 37.1 Å². The highest BCUT2D eigenvalue weighted by Gasteiger charge is 2.28. The lowest BCUT2D eigenvalue weighted by atomic mass is 9.77. The number of aryl methyl sites for hydroxylation is 2. The molecule has 3 atom stereocenters. The number of likely N-dealkylation sites (N-methyl/N-ethyl adjacent to an activating group) is 1. The van der Waals surface area contributed by atoms with E-state index in [-0.39, 0.29) is 5.41 Å². The SMILES string of the molecule is C=C(C)C(C)(C)C(=Nc1c(C)ncnc1C)c1ccc(C(CC)CCC(C)CC(C)C2=CC[C-]([N+](C)=CC)C=C2)cc1. The first kappa shape index (κ1) is 33.2. The third-order valence-corrected chi connectivity index (χ3v) is 9.41. The normalized spacial score (nSPS) is 16.7. The molecule has 0 N–H and O–H groups in total. The van der Waals surface area contributed by atoms with Gasteiger partial charge < -0.3 is 4.58 Å². The Bertz CT molecular complexity index is 1320. The molecule has 4 nitrogen and oxygen atoms in total. The molecule has 1 aromatic carbocycles. The third-order valence-electron chi connectivity index (χ3n) is 9.41. The maximum atomic E-state index is 5.17. The summed E-state index contributed by atoms with van der Waals surface area (Å²) in [4.78, 5) is 14.0. The first-order valence-electron chi connectivity index (χ1n) is 15.8.